The predicted octanol–water partition coefficient (Wildman–Crippen LogP) is 7.55. The summed E-state index contributed by atoms with van der Waals surface area (Å²) < 4.78 is -0.434. The molecule has 4 unspecified atom stereocenters. The van der Waals surface area contributed by atoms with E-state index in [1.165, 1.54) is 0 Å². The molecule has 0 rings (SSSR count). The highest BCUT2D eigenvalue weighted by Crippen LogP contribution is 2.45. The van der Waals surface area contributed by atoms with E-state index in [1.54, 1.807) is 0 Å². The fraction of sp³-hybridized carbons (Fsp3) is 0.556. The van der Waals surface area contributed by atoms with E-state index in [0.29, 0.717) is 0 Å². The van der Waals surface area contributed by atoms with Crippen molar-refractivity contribution < 1.29 is 0 Å². The summed E-state index contributed by atoms with van der Waals surface area (Å²) in [5.74, 6) is 0. The molecule has 0 saturated heterocycles. The van der Waals surface area contributed by atoms with Crippen molar-refractivity contribution in [1.29, 1.82) is 0 Å². The van der Waals surface area contributed by atoms with Crippen LogP contribution in [0.1, 0.15) is 41.5 Å². The molecule has 0 saturated carbocycles. The van der Waals surface area contributed by atoms with Gasteiger partial charge in [0.2, 0.25) is 0 Å². The Bertz CT molecular complexity index is 513. The van der Waals surface area contributed by atoms with E-state index in [4.69, 9.17) is 23.2 Å². The van der Waals surface area contributed by atoms with E-state index < -0.39 is 9.20 Å². The second kappa shape index (κ2) is 8.05. The van der Waals surface area contributed by atoms with Crippen molar-refractivity contribution in [2.45, 2.75) is 60.9 Å². The first kappa shape index (κ1) is 22.5. The SMILES string of the molecule is C=C(C)C(Cl)C(=C(C)C(Br)C(C)(Cl)C(=C)C)C(C)(Br)C(=C)C. The minimum atomic E-state index is -0.612. The molecule has 0 amide bonds. The molecule has 0 radical (unpaired) electrons. The first-order chi connectivity index (χ1) is 9.68. The van der Waals surface area contributed by atoms with Gasteiger partial charge in [-0.3, -0.25) is 0 Å². The van der Waals surface area contributed by atoms with Crippen molar-refractivity contribution in [3.63, 3.8) is 0 Å². The van der Waals surface area contributed by atoms with E-state index >= 15 is 0 Å². The third-order valence-electron chi connectivity index (χ3n) is 4.11. The maximum Gasteiger partial charge on any atom is 0.0783 e. The Morgan fingerprint density at radius 2 is 1.41 bits per heavy atom. The molecule has 0 nitrogen and oxygen atoms in total. The number of halogens is 4. The van der Waals surface area contributed by atoms with Crippen LogP contribution in [0.25, 0.3) is 0 Å². The predicted molar refractivity (Wildman–Crippen MR) is 111 cm³/mol. The highest BCUT2D eigenvalue weighted by molar-refractivity contribution is 9.10. The third kappa shape index (κ3) is 4.75. The topological polar surface area (TPSA) is 0 Å². The Morgan fingerprint density at radius 3 is 1.68 bits per heavy atom. The largest absolute Gasteiger partial charge is 0.113 e. The van der Waals surface area contributed by atoms with Gasteiger partial charge in [0, 0.05) is 0 Å². The van der Waals surface area contributed by atoms with Crippen LogP contribution in [-0.2, 0) is 0 Å². The van der Waals surface area contributed by atoms with Gasteiger partial charge < -0.3 is 0 Å². The van der Waals surface area contributed by atoms with Crippen LogP contribution in [0, 0.1) is 0 Å². The Kier molecular flexibility index (Phi) is 8.23. The van der Waals surface area contributed by atoms with Crippen molar-refractivity contribution >= 4 is 55.1 Å². The molecule has 4 heteroatoms. The molecule has 0 fully saturated rings. The van der Waals surface area contributed by atoms with E-state index in [2.05, 4.69) is 58.5 Å². The molecule has 0 heterocycles. The number of hydrogen-bond acceptors (Lipinski definition) is 0. The third-order valence-corrected chi connectivity index (χ3v) is 8.21. The van der Waals surface area contributed by atoms with Gasteiger partial charge in [0.15, 0.2) is 0 Å². The Hall–Kier alpha value is 0.500. The molecular weight excluding hydrogens is 447 g/mol. The average molecular weight is 473 g/mol. The van der Waals surface area contributed by atoms with Crippen LogP contribution in [0.3, 0.4) is 0 Å². The lowest BCUT2D eigenvalue weighted by molar-refractivity contribution is 0.717. The smallest absolute Gasteiger partial charge is 0.0783 e. The molecule has 0 aromatic carbocycles. The van der Waals surface area contributed by atoms with Crippen molar-refractivity contribution in [2.75, 3.05) is 0 Å². The molecule has 0 N–H and O–H groups in total. The number of allylic oxidation sites excluding steroid dienone is 5. The van der Waals surface area contributed by atoms with Crippen molar-refractivity contribution in [3.05, 3.63) is 47.6 Å². The molecular formula is C18H26Br2Cl2. The zero-order valence-electron chi connectivity index (χ0n) is 14.3. The number of hydrogen-bond donors (Lipinski definition) is 0. The average Bonchev–Trinajstić information content (AvgIpc) is 2.36. The molecule has 0 bridgehead atoms. The van der Waals surface area contributed by atoms with Crippen LogP contribution in [-0.4, -0.2) is 19.4 Å². The number of alkyl halides is 4. The van der Waals surface area contributed by atoms with E-state index in [9.17, 15) is 0 Å². The van der Waals surface area contributed by atoms with Crippen LogP contribution in [0.5, 0.6) is 0 Å². The molecule has 22 heavy (non-hydrogen) atoms. The van der Waals surface area contributed by atoms with E-state index in [1.807, 2.05) is 34.6 Å². The zero-order valence-corrected chi connectivity index (χ0v) is 19.0. The molecule has 4 atom stereocenters. The highest BCUT2D eigenvalue weighted by atomic mass is 79.9. The van der Waals surface area contributed by atoms with Crippen molar-refractivity contribution in [1.82, 2.24) is 0 Å². The molecule has 0 aromatic heterocycles. The second-order valence-electron chi connectivity index (χ2n) is 6.31. The monoisotopic (exact) mass is 470 g/mol. The van der Waals surface area contributed by atoms with Gasteiger partial charge in [-0.15, -0.1) is 23.2 Å². The van der Waals surface area contributed by atoms with E-state index in [-0.39, 0.29) is 10.2 Å². The standard InChI is InChI=1S/C18H26Br2Cl2/c1-10(2)15(21)14(17(8,20)11(3)4)13(7)16(19)18(9,22)12(5)6/h15-16H,1,3,5H2,2,4,6-9H3. The maximum absolute atomic E-state index is 6.69. The van der Waals surface area contributed by atoms with Crippen LogP contribution < -0.4 is 0 Å². The number of rotatable bonds is 7. The lowest BCUT2D eigenvalue weighted by Gasteiger charge is -2.37. The summed E-state index contributed by atoms with van der Waals surface area (Å²) in [6, 6.07) is 0. The van der Waals surface area contributed by atoms with Crippen molar-refractivity contribution in [3.8, 4) is 0 Å². The van der Waals surface area contributed by atoms with Crippen LogP contribution in [0.15, 0.2) is 47.6 Å². The lowest BCUT2D eigenvalue weighted by Crippen LogP contribution is -2.36. The van der Waals surface area contributed by atoms with Gasteiger partial charge in [-0.1, -0.05) is 73.9 Å². The van der Waals surface area contributed by atoms with Crippen LogP contribution in [0.4, 0.5) is 0 Å². The van der Waals surface area contributed by atoms with Crippen LogP contribution in [0.2, 0.25) is 0 Å². The summed E-state index contributed by atoms with van der Waals surface area (Å²) in [7, 11) is 0. The zero-order chi connectivity index (χ0) is 18.0. The molecule has 126 valence electrons. The van der Waals surface area contributed by atoms with E-state index in [0.717, 1.165) is 27.9 Å². The van der Waals surface area contributed by atoms with Crippen LogP contribution >= 0.6 is 55.1 Å². The van der Waals surface area contributed by atoms with Gasteiger partial charge in [-0.2, -0.15) is 0 Å². The Balaban J connectivity index is 6.34. The summed E-state index contributed by atoms with van der Waals surface area (Å²) in [5, 5.41) is -0.307. The highest BCUT2D eigenvalue weighted by Gasteiger charge is 2.39. The molecule has 0 aliphatic rings. The van der Waals surface area contributed by atoms with Gasteiger partial charge in [0.05, 0.1) is 19.4 Å². The van der Waals surface area contributed by atoms with Gasteiger partial charge in [-0.05, 0) is 47.1 Å². The molecule has 0 aliphatic carbocycles. The fourth-order valence-electron chi connectivity index (χ4n) is 2.04. The fourth-order valence-corrected chi connectivity index (χ4v) is 3.91. The van der Waals surface area contributed by atoms with Gasteiger partial charge in [0.1, 0.15) is 0 Å². The molecule has 0 aliphatic heterocycles. The summed E-state index contributed by atoms with van der Waals surface area (Å²) in [5.41, 5.74) is 4.83. The first-order valence-electron chi connectivity index (χ1n) is 7.03. The van der Waals surface area contributed by atoms with Gasteiger partial charge >= 0.3 is 0 Å². The summed E-state index contributed by atoms with van der Waals surface area (Å²) >= 11 is 20.9. The minimum absolute atomic E-state index is 0.106. The Labute approximate surface area is 163 Å². The Morgan fingerprint density at radius 1 is 1.00 bits per heavy atom. The van der Waals surface area contributed by atoms with Crippen molar-refractivity contribution in [2.24, 2.45) is 0 Å². The van der Waals surface area contributed by atoms with Gasteiger partial charge in [0.25, 0.3) is 0 Å². The summed E-state index contributed by atoms with van der Waals surface area (Å²) in [4.78, 5) is -0.717. The quantitative estimate of drug-likeness (QED) is 0.265. The minimum Gasteiger partial charge on any atom is -0.113 e. The second-order valence-corrected chi connectivity index (χ2v) is 10.0. The molecule has 0 spiro atoms. The summed E-state index contributed by atoms with van der Waals surface area (Å²) in [6.07, 6.45) is 0. The normalized spacial score (nSPS) is 21.0. The summed E-state index contributed by atoms with van der Waals surface area (Å²) in [6.45, 7) is 24.0. The molecule has 0 aromatic rings. The lowest BCUT2D eigenvalue weighted by atomic mass is 9.83. The maximum atomic E-state index is 6.69. The first-order valence-corrected chi connectivity index (χ1v) is 9.55. The van der Waals surface area contributed by atoms with Gasteiger partial charge in [-0.25, -0.2) is 0 Å².